The highest BCUT2D eigenvalue weighted by molar-refractivity contribution is 7.98. The van der Waals surface area contributed by atoms with Crippen molar-refractivity contribution in [2.24, 2.45) is 5.41 Å². The number of furan rings is 1. The Morgan fingerprint density at radius 1 is 1.29 bits per heavy atom. The van der Waals surface area contributed by atoms with Gasteiger partial charge >= 0.3 is 0 Å². The molecule has 0 bridgehead atoms. The summed E-state index contributed by atoms with van der Waals surface area (Å²) in [7, 11) is 0. The first-order chi connectivity index (χ1) is 9.79. The number of hydrogen-bond donors (Lipinski definition) is 2. The standard InChI is InChI=1S/C14H22F2N2O2S/c1-14(2,3)12(19)18-7-6-17-8-10-4-5-11(20-10)9-21-13(15)16/h4-5,13,17H,6-9H2,1-3H3,(H,18,19). The molecule has 0 aliphatic rings. The monoisotopic (exact) mass is 320 g/mol. The molecule has 0 saturated carbocycles. The van der Waals surface area contributed by atoms with Crippen molar-refractivity contribution in [3.05, 3.63) is 23.7 Å². The Labute approximate surface area is 128 Å². The van der Waals surface area contributed by atoms with E-state index in [1.54, 1.807) is 12.1 Å². The first-order valence-electron chi connectivity index (χ1n) is 6.75. The van der Waals surface area contributed by atoms with E-state index in [0.29, 0.717) is 42.9 Å². The second-order valence-corrected chi connectivity index (χ2v) is 6.60. The van der Waals surface area contributed by atoms with Gasteiger partial charge in [0, 0.05) is 18.5 Å². The average Bonchev–Trinajstić information content (AvgIpc) is 2.82. The summed E-state index contributed by atoms with van der Waals surface area (Å²) in [5.74, 6) is -0.976. The van der Waals surface area contributed by atoms with Gasteiger partial charge in [-0.2, -0.15) is 8.78 Å². The number of carbonyl (C=O) groups is 1. The molecule has 0 fully saturated rings. The number of halogens is 2. The van der Waals surface area contributed by atoms with Crippen LogP contribution in [-0.2, 0) is 17.1 Å². The number of nitrogens with one attached hydrogen (secondary N) is 2. The van der Waals surface area contributed by atoms with E-state index in [1.807, 2.05) is 20.8 Å². The Bertz CT molecular complexity index is 444. The van der Waals surface area contributed by atoms with Gasteiger partial charge in [0.1, 0.15) is 11.5 Å². The van der Waals surface area contributed by atoms with Crippen LogP contribution in [0.3, 0.4) is 0 Å². The first kappa shape index (κ1) is 18.0. The summed E-state index contributed by atoms with van der Waals surface area (Å²) in [5, 5.41) is 5.95. The van der Waals surface area contributed by atoms with Gasteiger partial charge in [0.25, 0.3) is 5.76 Å². The summed E-state index contributed by atoms with van der Waals surface area (Å²) in [6.45, 7) is 7.23. The zero-order chi connectivity index (χ0) is 15.9. The van der Waals surface area contributed by atoms with Gasteiger partial charge in [-0.15, -0.1) is 0 Å². The van der Waals surface area contributed by atoms with Gasteiger partial charge < -0.3 is 15.1 Å². The summed E-state index contributed by atoms with van der Waals surface area (Å²) in [4.78, 5) is 11.6. The van der Waals surface area contributed by atoms with E-state index in [0.717, 1.165) is 0 Å². The van der Waals surface area contributed by atoms with Crippen LogP contribution in [0.4, 0.5) is 8.78 Å². The Kier molecular flexibility index (Phi) is 7.17. The number of hydrogen-bond acceptors (Lipinski definition) is 4. The lowest BCUT2D eigenvalue weighted by Crippen LogP contribution is -2.38. The zero-order valence-electron chi connectivity index (χ0n) is 12.5. The van der Waals surface area contributed by atoms with Gasteiger partial charge in [0.2, 0.25) is 5.91 Å². The van der Waals surface area contributed by atoms with Crippen molar-refractivity contribution < 1.29 is 18.0 Å². The normalized spacial score (nSPS) is 11.9. The van der Waals surface area contributed by atoms with Crippen molar-refractivity contribution >= 4 is 17.7 Å². The van der Waals surface area contributed by atoms with Crippen molar-refractivity contribution in [1.29, 1.82) is 0 Å². The Balaban J connectivity index is 2.17. The van der Waals surface area contributed by atoms with E-state index < -0.39 is 11.2 Å². The van der Waals surface area contributed by atoms with Crippen LogP contribution in [0.5, 0.6) is 0 Å². The topological polar surface area (TPSA) is 54.3 Å². The molecule has 1 amide bonds. The van der Waals surface area contributed by atoms with E-state index in [-0.39, 0.29) is 11.7 Å². The van der Waals surface area contributed by atoms with Gasteiger partial charge in [-0.3, -0.25) is 4.79 Å². The Morgan fingerprint density at radius 2 is 1.95 bits per heavy atom. The molecule has 120 valence electrons. The quantitative estimate of drug-likeness (QED) is 0.723. The van der Waals surface area contributed by atoms with Crippen LogP contribution >= 0.6 is 11.8 Å². The SMILES string of the molecule is CC(C)(C)C(=O)NCCNCc1ccc(CSC(F)F)o1. The maximum absolute atomic E-state index is 12.0. The van der Waals surface area contributed by atoms with E-state index in [4.69, 9.17) is 4.42 Å². The third-order valence-corrected chi connectivity index (χ3v) is 3.34. The lowest BCUT2D eigenvalue weighted by atomic mass is 9.96. The third kappa shape index (κ3) is 7.47. The number of amides is 1. The molecule has 0 atom stereocenters. The van der Waals surface area contributed by atoms with Crippen LogP contribution in [0.25, 0.3) is 0 Å². The van der Waals surface area contributed by atoms with Crippen LogP contribution < -0.4 is 10.6 Å². The number of carbonyl (C=O) groups excluding carboxylic acids is 1. The highest BCUT2D eigenvalue weighted by Gasteiger charge is 2.20. The fraction of sp³-hybridized carbons (Fsp3) is 0.643. The molecule has 7 heteroatoms. The number of alkyl halides is 2. The first-order valence-corrected chi connectivity index (χ1v) is 7.80. The maximum atomic E-state index is 12.0. The van der Waals surface area contributed by atoms with Gasteiger partial charge in [-0.25, -0.2) is 0 Å². The van der Waals surface area contributed by atoms with Crippen molar-refractivity contribution in [3.8, 4) is 0 Å². The van der Waals surface area contributed by atoms with E-state index in [9.17, 15) is 13.6 Å². The number of thioether (sulfide) groups is 1. The van der Waals surface area contributed by atoms with Gasteiger partial charge in [0.05, 0.1) is 12.3 Å². The minimum absolute atomic E-state index is 0.00797. The molecule has 1 aromatic rings. The van der Waals surface area contributed by atoms with E-state index >= 15 is 0 Å². The molecule has 0 aliphatic heterocycles. The van der Waals surface area contributed by atoms with Crippen LogP contribution in [-0.4, -0.2) is 24.8 Å². The fourth-order valence-corrected chi connectivity index (χ4v) is 1.93. The minimum Gasteiger partial charge on any atom is -0.464 e. The predicted molar refractivity (Wildman–Crippen MR) is 80.2 cm³/mol. The highest BCUT2D eigenvalue weighted by Crippen LogP contribution is 2.21. The summed E-state index contributed by atoms with van der Waals surface area (Å²) in [6.07, 6.45) is 0. The van der Waals surface area contributed by atoms with E-state index in [2.05, 4.69) is 10.6 Å². The van der Waals surface area contributed by atoms with Crippen molar-refractivity contribution in [2.75, 3.05) is 13.1 Å². The Hall–Kier alpha value is -1.08. The predicted octanol–water partition coefficient (Wildman–Crippen LogP) is 2.99. The lowest BCUT2D eigenvalue weighted by molar-refractivity contribution is -0.128. The van der Waals surface area contributed by atoms with Gasteiger partial charge in [-0.05, 0) is 12.1 Å². The molecular weight excluding hydrogens is 298 g/mol. The van der Waals surface area contributed by atoms with Crippen LogP contribution in [0.15, 0.2) is 16.5 Å². The lowest BCUT2D eigenvalue weighted by Gasteiger charge is -2.17. The van der Waals surface area contributed by atoms with Crippen LogP contribution in [0.1, 0.15) is 32.3 Å². The smallest absolute Gasteiger partial charge is 0.284 e. The molecule has 4 nitrogen and oxygen atoms in total. The number of rotatable bonds is 8. The van der Waals surface area contributed by atoms with E-state index in [1.165, 1.54) is 0 Å². The van der Waals surface area contributed by atoms with Crippen molar-refractivity contribution in [2.45, 2.75) is 38.8 Å². The molecule has 0 aliphatic carbocycles. The van der Waals surface area contributed by atoms with Crippen LogP contribution in [0, 0.1) is 5.41 Å². The molecule has 0 unspecified atom stereocenters. The third-order valence-electron chi connectivity index (χ3n) is 2.64. The molecule has 0 spiro atoms. The highest BCUT2D eigenvalue weighted by atomic mass is 32.2. The van der Waals surface area contributed by atoms with Gasteiger partial charge in [-0.1, -0.05) is 32.5 Å². The average molecular weight is 320 g/mol. The summed E-state index contributed by atoms with van der Waals surface area (Å²) >= 11 is 0.540. The van der Waals surface area contributed by atoms with Crippen LogP contribution in [0.2, 0.25) is 0 Å². The molecule has 21 heavy (non-hydrogen) atoms. The molecular formula is C14H22F2N2O2S. The zero-order valence-corrected chi connectivity index (χ0v) is 13.4. The van der Waals surface area contributed by atoms with Gasteiger partial charge in [0.15, 0.2) is 0 Å². The molecule has 0 saturated heterocycles. The summed E-state index contributed by atoms with van der Waals surface area (Å²) < 4.78 is 29.5. The second-order valence-electron chi connectivity index (χ2n) is 5.62. The van der Waals surface area contributed by atoms with Crippen molar-refractivity contribution in [1.82, 2.24) is 10.6 Å². The van der Waals surface area contributed by atoms with Crippen molar-refractivity contribution in [3.63, 3.8) is 0 Å². The molecule has 0 aromatic carbocycles. The summed E-state index contributed by atoms with van der Waals surface area (Å²) in [6, 6.07) is 3.47. The second kappa shape index (κ2) is 8.38. The molecule has 1 aromatic heterocycles. The molecule has 1 rings (SSSR count). The molecule has 1 heterocycles. The minimum atomic E-state index is -2.39. The molecule has 0 radical (unpaired) electrons. The fourth-order valence-electron chi connectivity index (χ4n) is 1.48. The largest absolute Gasteiger partial charge is 0.464 e. The summed E-state index contributed by atoms with van der Waals surface area (Å²) in [5.41, 5.74) is -0.391. The maximum Gasteiger partial charge on any atom is 0.284 e. The molecule has 2 N–H and O–H groups in total. The Morgan fingerprint density at radius 3 is 2.57 bits per heavy atom.